The number of fused-ring (bicyclic) bond motifs is 1. The lowest BCUT2D eigenvalue weighted by atomic mass is 10.1. The van der Waals surface area contributed by atoms with Crippen LogP contribution in [0.25, 0.3) is 11.0 Å². The highest BCUT2D eigenvalue weighted by atomic mass is 32.1. The van der Waals surface area contributed by atoms with E-state index < -0.39 is 6.04 Å². The van der Waals surface area contributed by atoms with Gasteiger partial charge < -0.3 is 9.88 Å². The first-order chi connectivity index (χ1) is 11.6. The zero-order valence-corrected chi connectivity index (χ0v) is 14.4. The van der Waals surface area contributed by atoms with E-state index >= 15 is 0 Å². The van der Waals surface area contributed by atoms with Crippen molar-refractivity contribution in [2.45, 2.75) is 32.4 Å². The highest BCUT2D eigenvalue weighted by molar-refractivity contribution is 7.12. The summed E-state index contributed by atoms with van der Waals surface area (Å²) in [5, 5.41) is 4.80. The van der Waals surface area contributed by atoms with Gasteiger partial charge in [0, 0.05) is 12.5 Å². The van der Waals surface area contributed by atoms with E-state index in [0.29, 0.717) is 6.42 Å². The number of benzene rings is 1. The minimum absolute atomic E-state index is 0.0542. The normalized spacial score (nSPS) is 13.6. The molecule has 1 N–H and O–H groups in total. The van der Waals surface area contributed by atoms with Gasteiger partial charge in [0.05, 0.1) is 22.2 Å². The fraction of sp³-hybridized carbons (Fsp3) is 0.278. The molecule has 0 aliphatic rings. The highest BCUT2D eigenvalue weighted by Gasteiger charge is 2.20. The number of hydrogen-bond donors (Lipinski definition) is 1. The van der Waals surface area contributed by atoms with Gasteiger partial charge in [-0.1, -0.05) is 18.2 Å². The zero-order chi connectivity index (χ0) is 17.1. The third-order valence-corrected chi connectivity index (χ3v) is 4.86. The number of amides is 1. The van der Waals surface area contributed by atoms with Crippen LogP contribution in [0.3, 0.4) is 0 Å². The topological polar surface area (TPSA) is 64.0 Å². The lowest BCUT2D eigenvalue weighted by molar-refractivity contribution is -0.124. The Labute approximate surface area is 144 Å². The first-order valence-corrected chi connectivity index (χ1v) is 8.73. The van der Waals surface area contributed by atoms with Gasteiger partial charge in [-0.15, -0.1) is 11.3 Å². The monoisotopic (exact) mass is 341 g/mol. The lowest BCUT2D eigenvalue weighted by Crippen LogP contribution is -2.38. The summed E-state index contributed by atoms with van der Waals surface area (Å²) in [7, 11) is 0. The third kappa shape index (κ3) is 3.38. The van der Waals surface area contributed by atoms with Crippen LogP contribution >= 0.6 is 11.3 Å². The number of aromatic nitrogens is 2. The number of Topliss-reactive ketones (excluding diaryl/α,β-unsaturated/α-hetero) is 1. The molecule has 0 aliphatic heterocycles. The number of nitrogens with zero attached hydrogens (tertiary/aromatic N) is 2. The van der Waals surface area contributed by atoms with Gasteiger partial charge in [-0.25, -0.2) is 4.98 Å². The Hall–Kier alpha value is -2.47. The molecular formula is C18H19N3O2S. The van der Waals surface area contributed by atoms with Gasteiger partial charge in [0.2, 0.25) is 5.91 Å². The van der Waals surface area contributed by atoms with Crippen molar-refractivity contribution in [3.63, 3.8) is 0 Å². The van der Waals surface area contributed by atoms with Crippen LogP contribution < -0.4 is 5.32 Å². The molecular weight excluding hydrogens is 322 g/mol. The molecule has 2 atom stereocenters. The van der Waals surface area contributed by atoms with E-state index in [2.05, 4.69) is 10.3 Å². The molecule has 0 saturated heterocycles. The van der Waals surface area contributed by atoms with Gasteiger partial charge in [-0.3, -0.25) is 9.59 Å². The van der Waals surface area contributed by atoms with E-state index in [4.69, 9.17) is 0 Å². The number of hydrogen-bond acceptors (Lipinski definition) is 4. The summed E-state index contributed by atoms with van der Waals surface area (Å²) in [6.45, 7) is 3.68. The molecule has 0 aliphatic carbocycles. The summed E-state index contributed by atoms with van der Waals surface area (Å²) in [5.41, 5.74) is 1.78. The Morgan fingerprint density at radius 1 is 1.21 bits per heavy atom. The minimum atomic E-state index is -0.392. The molecule has 1 aromatic carbocycles. The quantitative estimate of drug-likeness (QED) is 0.699. The Kier molecular flexibility index (Phi) is 4.76. The van der Waals surface area contributed by atoms with Gasteiger partial charge in [0.1, 0.15) is 6.04 Å². The number of ketones is 1. The number of carbonyl (C=O) groups is 2. The molecule has 6 heteroatoms. The predicted molar refractivity (Wildman–Crippen MR) is 95.3 cm³/mol. The van der Waals surface area contributed by atoms with Crippen molar-refractivity contribution in [1.29, 1.82) is 0 Å². The Bertz CT molecular complexity index is 854. The molecule has 2 aromatic heterocycles. The lowest BCUT2D eigenvalue weighted by Gasteiger charge is -2.18. The minimum Gasteiger partial charge on any atom is -0.351 e. The molecule has 124 valence electrons. The summed E-state index contributed by atoms with van der Waals surface area (Å²) >= 11 is 1.42. The second kappa shape index (κ2) is 6.97. The van der Waals surface area contributed by atoms with E-state index in [1.807, 2.05) is 60.2 Å². The van der Waals surface area contributed by atoms with Gasteiger partial charge >= 0.3 is 0 Å². The highest BCUT2D eigenvalue weighted by Crippen LogP contribution is 2.18. The van der Waals surface area contributed by atoms with Gasteiger partial charge in [0.25, 0.3) is 0 Å². The smallest absolute Gasteiger partial charge is 0.243 e. The second-order valence-electron chi connectivity index (χ2n) is 5.83. The van der Waals surface area contributed by atoms with Crippen LogP contribution in [0.4, 0.5) is 0 Å². The van der Waals surface area contributed by atoms with Gasteiger partial charge in [-0.05, 0) is 37.4 Å². The maximum atomic E-state index is 12.5. The zero-order valence-electron chi connectivity index (χ0n) is 13.6. The fourth-order valence-corrected chi connectivity index (χ4v) is 3.32. The standard InChI is InChI=1S/C18H19N3O2S/c1-12(10-16(22)17-8-5-9-24-17)20-18(23)13(2)21-11-19-14-6-3-4-7-15(14)21/h3-9,11-13H,10H2,1-2H3,(H,20,23). The summed E-state index contributed by atoms with van der Waals surface area (Å²) in [5.74, 6) is -0.0665. The summed E-state index contributed by atoms with van der Waals surface area (Å²) < 4.78 is 1.85. The first kappa shape index (κ1) is 16.4. The average molecular weight is 341 g/mol. The van der Waals surface area contributed by atoms with Crippen molar-refractivity contribution in [2.24, 2.45) is 0 Å². The van der Waals surface area contributed by atoms with Crippen LogP contribution in [0.5, 0.6) is 0 Å². The molecule has 1 amide bonds. The van der Waals surface area contributed by atoms with E-state index in [1.165, 1.54) is 11.3 Å². The van der Waals surface area contributed by atoms with E-state index in [1.54, 1.807) is 6.33 Å². The van der Waals surface area contributed by atoms with Gasteiger partial charge in [0.15, 0.2) is 5.78 Å². The SMILES string of the molecule is CC(CC(=O)c1cccs1)NC(=O)C(C)n1cnc2ccccc21. The molecule has 3 aromatic rings. The fourth-order valence-electron chi connectivity index (χ4n) is 2.64. The summed E-state index contributed by atoms with van der Waals surface area (Å²) in [4.78, 5) is 29.7. The van der Waals surface area contributed by atoms with Crippen LogP contribution in [-0.2, 0) is 4.79 Å². The van der Waals surface area contributed by atoms with E-state index in [0.717, 1.165) is 15.9 Å². The van der Waals surface area contributed by atoms with Crippen molar-refractivity contribution < 1.29 is 9.59 Å². The van der Waals surface area contributed by atoms with Crippen molar-refractivity contribution in [2.75, 3.05) is 0 Å². The van der Waals surface area contributed by atoms with Crippen molar-refractivity contribution in [1.82, 2.24) is 14.9 Å². The molecule has 3 rings (SSSR count). The summed E-state index contributed by atoms with van der Waals surface area (Å²) in [6, 6.07) is 10.8. The van der Waals surface area contributed by atoms with Crippen molar-refractivity contribution in [3.8, 4) is 0 Å². The number of nitrogens with one attached hydrogen (secondary N) is 1. The molecule has 0 saturated carbocycles. The molecule has 0 spiro atoms. The first-order valence-electron chi connectivity index (χ1n) is 7.85. The molecule has 2 heterocycles. The van der Waals surface area contributed by atoms with Crippen LogP contribution in [0.15, 0.2) is 48.1 Å². The molecule has 5 nitrogen and oxygen atoms in total. The van der Waals surface area contributed by atoms with Crippen LogP contribution in [0.2, 0.25) is 0 Å². The number of carbonyl (C=O) groups excluding carboxylic acids is 2. The molecule has 0 fully saturated rings. The van der Waals surface area contributed by atoms with Crippen LogP contribution in [0.1, 0.15) is 36.0 Å². The molecule has 24 heavy (non-hydrogen) atoms. The van der Waals surface area contributed by atoms with Crippen molar-refractivity contribution >= 4 is 34.1 Å². The molecule has 0 bridgehead atoms. The average Bonchev–Trinajstić information content (AvgIpc) is 3.23. The Morgan fingerprint density at radius 3 is 2.75 bits per heavy atom. The largest absolute Gasteiger partial charge is 0.351 e. The predicted octanol–water partition coefficient (Wildman–Crippen LogP) is 3.44. The molecule has 2 unspecified atom stereocenters. The van der Waals surface area contributed by atoms with E-state index in [9.17, 15) is 9.59 Å². The Morgan fingerprint density at radius 2 is 2.00 bits per heavy atom. The number of imidazole rings is 1. The third-order valence-electron chi connectivity index (χ3n) is 3.95. The Balaban J connectivity index is 1.64. The van der Waals surface area contributed by atoms with Crippen molar-refractivity contribution in [3.05, 3.63) is 53.0 Å². The number of para-hydroxylation sites is 2. The number of rotatable bonds is 6. The molecule has 0 radical (unpaired) electrons. The van der Waals surface area contributed by atoms with Crippen LogP contribution in [0, 0.1) is 0 Å². The second-order valence-corrected chi connectivity index (χ2v) is 6.78. The maximum absolute atomic E-state index is 12.5. The van der Waals surface area contributed by atoms with Gasteiger partial charge in [-0.2, -0.15) is 0 Å². The summed E-state index contributed by atoms with van der Waals surface area (Å²) in [6.07, 6.45) is 1.97. The number of thiophene rings is 1. The van der Waals surface area contributed by atoms with E-state index in [-0.39, 0.29) is 17.7 Å². The maximum Gasteiger partial charge on any atom is 0.243 e. The van der Waals surface area contributed by atoms with Crippen LogP contribution in [-0.4, -0.2) is 27.3 Å².